The zero-order valence-corrected chi connectivity index (χ0v) is 73.4. The second kappa shape index (κ2) is 62.8. The number of rotatable bonds is 64. The number of benzene rings is 1. The van der Waals surface area contributed by atoms with Gasteiger partial charge < -0.3 is 168 Å². The Bertz CT molecular complexity index is 3890. The van der Waals surface area contributed by atoms with Gasteiger partial charge in [-0.3, -0.25) is 94.8 Å². The molecule has 2 fully saturated rings. The van der Waals surface area contributed by atoms with Crippen LogP contribution in [-0.4, -0.2) is 282 Å². The molecular formula is C76H136N34O18S. The van der Waals surface area contributed by atoms with Crippen molar-refractivity contribution in [2.75, 3.05) is 64.7 Å². The number of guanidine groups is 6. The van der Waals surface area contributed by atoms with Crippen LogP contribution in [0, 0.1) is 32.5 Å². The molecule has 46 N–H and O–H groups in total. The van der Waals surface area contributed by atoms with Crippen LogP contribution in [0.2, 0.25) is 0 Å². The van der Waals surface area contributed by atoms with E-state index >= 15 is 0 Å². The fraction of sp³-hybridized carbons (Fsp3) is 0.645. The number of unbranched alkanes of at least 4 members (excludes halogenated alkanes) is 3. The lowest BCUT2D eigenvalue weighted by Gasteiger charge is -2.28. The number of carbonyl (C=O) groups excluding carboxylic acids is 13. The third-order valence-electron chi connectivity index (χ3n) is 19.7. The Kier molecular flexibility index (Phi) is 54.5. The third-order valence-corrected chi connectivity index (χ3v) is 21.2. The van der Waals surface area contributed by atoms with Gasteiger partial charge in [-0.15, -0.1) is 0 Å². The standard InChI is InChI=1S/C74H132N34O16S.C2H4O2/c75-29-5-3-13-43(99-59(114)42(15-7-31-90-68(78)79)97-56(112)38-96-58(113)51(37-40-23-25-41(109)26-24-40)98-55(111)22-2-1-21-53-57-52(39-125-53)107-74(124)108-57)60(115)100-44(14-4-6-30-76)61(116)101-45(16-8-32-91-69(80)81)62(117)102-47(18-10-34-93-71(84)85)64(119)105-49(27-28-54(77)110)66(121)104-46(17-9-33-92-70(82)83)63(118)103-48(19-11-35-94-72(86)87)65(120)106-50(67(122)123)20-12-36-95-73(88)89;1-2(3)4/h23-26,42-53,57,109H,1-22,27-39,75-76H2,(H2,77,110)(H,96,113)(H,97,112)(H,98,111)(H,99,114)(H,100,115)(H,101,116)(H,102,117)(H,103,118)(H,104,121)(H,105,119)(H,106,120)(H,122,123)(H4,78,79,90)(H4,80,81,91)(H4,82,83,92)(H4,84,85,93)(H4,86,87,94)(H4,88,89,95)(H2,107,108,124);1H3,(H,3,4). The second-order valence-corrected chi connectivity index (χ2v) is 31.8. The minimum atomic E-state index is -1.76. The molecule has 724 valence electrons. The van der Waals surface area contributed by atoms with Gasteiger partial charge in [-0.25, -0.2) is 9.59 Å². The number of aliphatic carboxylic acids is 2. The number of phenols is 1. The van der Waals surface area contributed by atoms with E-state index in [1.807, 2.05) is 0 Å². The summed E-state index contributed by atoms with van der Waals surface area (Å²) < 4.78 is 0. The summed E-state index contributed by atoms with van der Waals surface area (Å²) in [6.07, 6.45) is 0.515. The number of amides is 14. The largest absolute Gasteiger partial charge is 0.508 e. The number of primary amides is 1. The first-order chi connectivity index (χ1) is 61.1. The Morgan fingerprint density at radius 2 is 0.698 bits per heavy atom. The lowest BCUT2D eigenvalue weighted by Crippen LogP contribution is -2.60. The molecule has 1 aromatic carbocycles. The number of phenolic OH excluding ortho intramolecular Hbond substituents is 1. The van der Waals surface area contributed by atoms with Gasteiger partial charge >= 0.3 is 12.0 Å². The number of urea groups is 1. The van der Waals surface area contributed by atoms with E-state index in [0.29, 0.717) is 31.2 Å². The summed E-state index contributed by atoms with van der Waals surface area (Å²) in [6.45, 7) is 0.608. The molecule has 52 nitrogen and oxygen atoms in total. The molecule has 13 atom stereocenters. The van der Waals surface area contributed by atoms with Crippen molar-refractivity contribution in [2.45, 2.75) is 245 Å². The van der Waals surface area contributed by atoms with E-state index in [4.69, 9.17) is 94.0 Å². The van der Waals surface area contributed by atoms with Gasteiger partial charge in [-0.2, -0.15) is 11.8 Å². The van der Waals surface area contributed by atoms with Crippen LogP contribution in [0.4, 0.5) is 4.79 Å². The fourth-order valence-electron chi connectivity index (χ4n) is 13.2. The molecule has 14 amide bonds. The van der Waals surface area contributed by atoms with Gasteiger partial charge in [-0.1, -0.05) is 18.6 Å². The lowest BCUT2D eigenvalue weighted by atomic mass is 10.0. The number of carboxylic acid groups (broad SMARTS) is 2. The second-order valence-electron chi connectivity index (χ2n) is 30.5. The van der Waals surface area contributed by atoms with Crippen molar-refractivity contribution in [3.05, 3.63) is 29.8 Å². The molecule has 0 saturated carbocycles. The van der Waals surface area contributed by atoms with Crippen molar-refractivity contribution in [2.24, 2.45) is 51.6 Å². The van der Waals surface area contributed by atoms with Crippen molar-refractivity contribution in [1.29, 1.82) is 32.5 Å². The normalized spacial score (nSPS) is 15.7. The third kappa shape index (κ3) is 50.0. The van der Waals surface area contributed by atoms with Crippen molar-refractivity contribution >= 4 is 136 Å². The Labute approximate surface area is 751 Å². The molecule has 0 bridgehead atoms. The van der Waals surface area contributed by atoms with Crippen LogP contribution in [-0.2, 0) is 73.5 Å². The first-order valence-electron chi connectivity index (χ1n) is 42.5. The predicted molar refractivity (Wildman–Crippen MR) is 478 cm³/mol. The minimum Gasteiger partial charge on any atom is -0.508 e. The van der Waals surface area contributed by atoms with Crippen molar-refractivity contribution in [1.82, 2.24) is 101 Å². The maximum Gasteiger partial charge on any atom is 0.326 e. The smallest absolute Gasteiger partial charge is 0.326 e. The van der Waals surface area contributed by atoms with E-state index in [-0.39, 0.29) is 203 Å². The van der Waals surface area contributed by atoms with Gasteiger partial charge in [0.2, 0.25) is 70.9 Å². The van der Waals surface area contributed by atoms with E-state index in [0.717, 1.165) is 19.1 Å². The summed E-state index contributed by atoms with van der Waals surface area (Å²) in [5.41, 5.74) is 50.9. The monoisotopic (exact) mass is 1850 g/mol. The molecule has 3 rings (SSSR count). The topological polar surface area (TPSA) is 923 Å². The van der Waals surface area contributed by atoms with Crippen molar-refractivity contribution in [3.63, 3.8) is 0 Å². The average molecular weight is 1850 g/mol. The molecule has 13 unspecified atom stereocenters. The molecule has 2 aliphatic heterocycles. The number of carboxylic acids is 2. The number of thioether (sulfide) groups is 1. The highest BCUT2D eigenvalue weighted by Crippen LogP contribution is 2.33. The maximum atomic E-state index is 14.9. The van der Waals surface area contributed by atoms with E-state index in [1.165, 1.54) is 12.1 Å². The van der Waals surface area contributed by atoms with Gasteiger partial charge in [0.15, 0.2) is 35.8 Å². The van der Waals surface area contributed by atoms with Crippen molar-refractivity contribution < 1.29 is 87.2 Å². The summed E-state index contributed by atoms with van der Waals surface area (Å²) in [5, 5.41) is 123. The molecule has 0 aromatic heterocycles. The molecule has 0 spiro atoms. The Morgan fingerprint density at radius 1 is 0.388 bits per heavy atom. The van der Waals surface area contributed by atoms with E-state index < -0.39 is 192 Å². The van der Waals surface area contributed by atoms with E-state index in [9.17, 15) is 77.3 Å². The lowest BCUT2D eigenvalue weighted by molar-refractivity contribution is -0.142. The van der Waals surface area contributed by atoms with Gasteiger partial charge in [0.25, 0.3) is 5.97 Å². The number of carbonyl (C=O) groups is 15. The van der Waals surface area contributed by atoms with Gasteiger partial charge in [-0.05, 0) is 166 Å². The zero-order chi connectivity index (χ0) is 96.5. The number of fused-ring (bicyclic) bond motifs is 1. The first kappa shape index (κ1) is 112. The molecule has 1 aromatic rings. The Balaban J connectivity index is 0.0000138. The molecule has 53 heteroatoms. The summed E-state index contributed by atoms with van der Waals surface area (Å²) in [6, 6.07) is -9.59. The summed E-state index contributed by atoms with van der Waals surface area (Å²) in [7, 11) is 0. The molecule has 129 heavy (non-hydrogen) atoms. The quantitative estimate of drug-likeness (QED) is 0.0125. The van der Waals surface area contributed by atoms with Crippen molar-refractivity contribution in [3.8, 4) is 5.75 Å². The number of hydrogen-bond acceptors (Lipinski definition) is 25. The number of nitrogens with one attached hydrogen (secondary N) is 25. The Morgan fingerprint density at radius 3 is 1.02 bits per heavy atom. The zero-order valence-electron chi connectivity index (χ0n) is 72.6. The van der Waals surface area contributed by atoms with Crippen LogP contribution < -0.4 is 153 Å². The van der Waals surface area contributed by atoms with Crippen LogP contribution in [0.15, 0.2) is 24.3 Å². The highest BCUT2D eigenvalue weighted by molar-refractivity contribution is 8.00. The summed E-state index contributed by atoms with van der Waals surface area (Å²) in [4.78, 5) is 204. The van der Waals surface area contributed by atoms with Gasteiger partial charge in [0, 0.05) is 76.5 Å². The number of nitrogens with two attached hydrogens (primary N) is 9. The number of aromatic hydroxyl groups is 1. The summed E-state index contributed by atoms with van der Waals surface area (Å²) >= 11 is 1.74. The average Bonchev–Trinajstić information content (AvgIpc) is 1.69. The van der Waals surface area contributed by atoms with Gasteiger partial charge in [0.05, 0.1) is 18.6 Å². The van der Waals surface area contributed by atoms with Crippen LogP contribution >= 0.6 is 11.8 Å². The van der Waals surface area contributed by atoms with Crippen LogP contribution in [0.5, 0.6) is 5.75 Å². The SMILES string of the molecule is CC(=O)O.N=C(N)NCCCC(NC(=O)C(CCCNC(=N)N)NC(=O)C(CCCNC(=N)N)NC(=O)C(CCC(N)=O)NC(=O)C(CCCNC(=N)N)NC(=O)C(CCCNC(=N)N)NC(=O)C(CCCCN)NC(=O)C(CCCCN)NC(=O)C(CCCNC(=N)N)NC(=O)CNC(=O)C(Cc1ccc(O)cc1)NC(=O)CCCCC1SCC2NC(=O)NC21)C(=O)O. The van der Waals surface area contributed by atoms with Gasteiger partial charge in [0.1, 0.15) is 66.2 Å². The molecule has 0 radical (unpaired) electrons. The fourth-order valence-corrected chi connectivity index (χ4v) is 14.7. The molecule has 0 aliphatic carbocycles. The minimum absolute atomic E-state index is 0.00241. The molecular weight excluding hydrogens is 1710 g/mol. The Hall–Kier alpha value is -13.2. The molecule has 2 saturated heterocycles. The summed E-state index contributed by atoms with van der Waals surface area (Å²) in [5.74, 6) is -15.3. The van der Waals surface area contributed by atoms with E-state index in [1.54, 1.807) is 23.9 Å². The van der Waals surface area contributed by atoms with Crippen LogP contribution in [0.1, 0.15) is 167 Å². The highest BCUT2D eigenvalue weighted by Gasteiger charge is 2.43. The maximum absolute atomic E-state index is 14.9. The molecule has 2 heterocycles. The predicted octanol–water partition coefficient (Wildman–Crippen LogP) is -9.10. The first-order valence-corrected chi connectivity index (χ1v) is 43.5. The van der Waals surface area contributed by atoms with E-state index in [2.05, 4.69) is 101 Å². The molecule has 2 aliphatic rings. The van der Waals surface area contributed by atoms with Crippen LogP contribution in [0.3, 0.4) is 0 Å². The van der Waals surface area contributed by atoms with Crippen LogP contribution in [0.25, 0.3) is 0 Å². The number of hydrogen-bond donors (Lipinski definition) is 37. The highest BCUT2D eigenvalue weighted by atomic mass is 32.2.